The number of thiazole rings is 1. The van der Waals surface area contributed by atoms with E-state index in [1.165, 1.54) is 0 Å². The third-order valence-corrected chi connectivity index (χ3v) is 4.68. The van der Waals surface area contributed by atoms with Crippen molar-refractivity contribution in [2.24, 2.45) is 0 Å². The average molecular weight is 326 g/mol. The van der Waals surface area contributed by atoms with Crippen LogP contribution < -0.4 is 10.6 Å². The quantitative estimate of drug-likeness (QED) is 0.905. The maximum absolute atomic E-state index is 12.2. The molecule has 5 nitrogen and oxygen atoms in total. The van der Waals surface area contributed by atoms with Crippen LogP contribution in [0, 0.1) is 0 Å². The molecule has 1 aromatic heterocycles. The smallest absolute Gasteiger partial charge is 0.240 e. The lowest BCUT2D eigenvalue weighted by Gasteiger charge is -2.29. The molecule has 0 bridgehead atoms. The van der Waals surface area contributed by atoms with E-state index in [2.05, 4.69) is 15.6 Å². The van der Waals surface area contributed by atoms with Gasteiger partial charge in [-0.15, -0.1) is 11.3 Å². The Balaban J connectivity index is 1.64. The number of fused-ring (bicyclic) bond motifs is 1. The van der Waals surface area contributed by atoms with Crippen LogP contribution in [0.2, 0.25) is 5.02 Å². The number of morpholine rings is 1. The molecule has 112 valence electrons. The summed E-state index contributed by atoms with van der Waals surface area (Å²) in [4.78, 5) is 16.6. The van der Waals surface area contributed by atoms with Crippen LogP contribution >= 0.6 is 22.9 Å². The molecule has 2 atom stereocenters. The Hall–Kier alpha value is -1.21. The fourth-order valence-electron chi connectivity index (χ4n) is 2.32. The topological polar surface area (TPSA) is 63.2 Å². The van der Waals surface area contributed by atoms with Gasteiger partial charge in [-0.25, -0.2) is 4.98 Å². The summed E-state index contributed by atoms with van der Waals surface area (Å²) < 4.78 is 6.54. The summed E-state index contributed by atoms with van der Waals surface area (Å²) in [6.45, 7) is 3.66. The molecule has 1 aliphatic heterocycles. The molecule has 2 N–H and O–H groups in total. The van der Waals surface area contributed by atoms with Gasteiger partial charge < -0.3 is 15.4 Å². The predicted octanol–water partition coefficient (Wildman–Crippen LogP) is 1.94. The lowest BCUT2D eigenvalue weighted by molar-refractivity contribution is -0.129. The van der Waals surface area contributed by atoms with E-state index in [9.17, 15) is 4.79 Å². The Labute approximate surface area is 131 Å². The van der Waals surface area contributed by atoms with Gasteiger partial charge in [0.1, 0.15) is 11.0 Å². The minimum atomic E-state index is -0.303. The van der Waals surface area contributed by atoms with Crippen molar-refractivity contribution in [2.75, 3.05) is 13.2 Å². The fourth-order valence-corrected chi connectivity index (χ4v) is 3.38. The van der Waals surface area contributed by atoms with Crippen molar-refractivity contribution in [3.8, 4) is 0 Å². The summed E-state index contributed by atoms with van der Waals surface area (Å²) in [5.41, 5.74) is 0.865. The van der Waals surface area contributed by atoms with Gasteiger partial charge in [0.2, 0.25) is 5.91 Å². The SMILES string of the molecule is C[C@H]1OCCN[C@@H]1C(=O)NCc1nc2cc(Cl)ccc2s1. The zero-order valence-electron chi connectivity index (χ0n) is 11.6. The first-order chi connectivity index (χ1) is 10.1. The van der Waals surface area contributed by atoms with Crippen molar-refractivity contribution in [3.63, 3.8) is 0 Å². The molecule has 2 aromatic rings. The first-order valence-corrected chi connectivity index (χ1v) is 8.00. The highest BCUT2D eigenvalue weighted by Gasteiger charge is 2.28. The molecule has 21 heavy (non-hydrogen) atoms. The second-order valence-corrected chi connectivity index (χ2v) is 6.50. The van der Waals surface area contributed by atoms with E-state index in [1.54, 1.807) is 11.3 Å². The number of amides is 1. The highest BCUT2D eigenvalue weighted by Crippen LogP contribution is 2.24. The van der Waals surface area contributed by atoms with E-state index >= 15 is 0 Å². The Bertz CT molecular complexity index is 661. The van der Waals surface area contributed by atoms with Crippen LogP contribution in [0.15, 0.2) is 18.2 Å². The van der Waals surface area contributed by atoms with Gasteiger partial charge in [0.15, 0.2) is 0 Å². The average Bonchev–Trinajstić information content (AvgIpc) is 2.87. The lowest BCUT2D eigenvalue weighted by Crippen LogP contribution is -2.55. The van der Waals surface area contributed by atoms with Crippen LogP contribution in [0.4, 0.5) is 0 Å². The van der Waals surface area contributed by atoms with Crippen molar-refractivity contribution in [2.45, 2.75) is 25.6 Å². The molecule has 1 aliphatic rings. The molecule has 0 unspecified atom stereocenters. The van der Waals surface area contributed by atoms with E-state index in [0.29, 0.717) is 24.7 Å². The zero-order valence-corrected chi connectivity index (χ0v) is 13.1. The molecular formula is C14H16ClN3O2S. The van der Waals surface area contributed by atoms with Gasteiger partial charge in [0, 0.05) is 11.6 Å². The summed E-state index contributed by atoms with van der Waals surface area (Å²) in [6.07, 6.45) is -0.118. The van der Waals surface area contributed by atoms with Gasteiger partial charge >= 0.3 is 0 Å². The third kappa shape index (κ3) is 3.35. The van der Waals surface area contributed by atoms with E-state index in [4.69, 9.17) is 16.3 Å². The number of carbonyl (C=O) groups is 1. The van der Waals surface area contributed by atoms with Crippen LogP contribution in [-0.4, -0.2) is 36.2 Å². The summed E-state index contributed by atoms with van der Waals surface area (Å²) >= 11 is 7.51. The van der Waals surface area contributed by atoms with Crippen LogP contribution in [0.3, 0.4) is 0 Å². The summed E-state index contributed by atoms with van der Waals surface area (Å²) in [7, 11) is 0. The van der Waals surface area contributed by atoms with Crippen LogP contribution in [0.25, 0.3) is 10.2 Å². The number of aromatic nitrogens is 1. The standard InChI is InChI=1S/C14H16ClN3O2S/c1-8-13(16-4-5-20-8)14(19)17-7-12-18-10-6-9(15)2-3-11(10)21-12/h2-3,6,8,13,16H,4-5,7H2,1H3,(H,17,19)/t8-,13+/m1/s1. The molecule has 1 fully saturated rings. The van der Waals surface area contributed by atoms with Crippen LogP contribution in [-0.2, 0) is 16.1 Å². The number of halogens is 1. The summed E-state index contributed by atoms with van der Waals surface area (Å²) in [5.74, 6) is -0.0560. The van der Waals surface area contributed by atoms with Gasteiger partial charge in [-0.2, -0.15) is 0 Å². The molecule has 0 spiro atoms. The minimum absolute atomic E-state index is 0.0560. The highest BCUT2D eigenvalue weighted by atomic mass is 35.5. The number of nitrogens with one attached hydrogen (secondary N) is 2. The summed E-state index contributed by atoms with van der Waals surface area (Å²) in [6, 6.07) is 5.31. The predicted molar refractivity (Wildman–Crippen MR) is 83.7 cm³/mol. The van der Waals surface area contributed by atoms with E-state index in [1.807, 2.05) is 25.1 Å². The minimum Gasteiger partial charge on any atom is -0.375 e. The molecule has 7 heteroatoms. The molecule has 0 aliphatic carbocycles. The summed E-state index contributed by atoms with van der Waals surface area (Å²) in [5, 5.41) is 7.61. The molecule has 1 amide bonds. The second-order valence-electron chi connectivity index (χ2n) is 4.95. The van der Waals surface area contributed by atoms with Crippen LogP contribution in [0.1, 0.15) is 11.9 Å². The van der Waals surface area contributed by atoms with Crippen molar-refractivity contribution in [1.82, 2.24) is 15.6 Å². The van der Waals surface area contributed by atoms with Gasteiger partial charge in [-0.05, 0) is 25.1 Å². The molecule has 0 saturated carbocycles. The monoisotopic (exact) mass is 325 g/mol. The van der Waals surface area contributed by atoms with Crippen LogP contribution in [0.5, 0.6) is 0 Å². The van der Waals surface area contributed by atoms with Gasteiger partial charge in [0.05, 0.1) is 29.5 Å². The Morgan fingerprint density at radius 2 is 2.48 bits per heavy atom. The van der Waals surface area contributed by atoms with Gasteiger partial charge in [-0.1, -0.05) is 11.6 Å². The van der Waals surface area contributed by atoms with Crippen molar-refractivity contribution in [1.29, 1.82) is 0 Å². The Morgan fingerprint density at radius 3 is 3.29 bits per heavy atom. The molecule has 1 aromatic carbocycles. The number of benzene rings is 1. The molecule has 0 radical (unpaired) electrons. The van der Waals surface area contributed by atoms with Crippen molar-refractivity contribution >= 4 is 39.1 Å². The Kier molecular flexibility index (Phi) is 4.40. The van der Waals surface area contributed by atoms with E-state index in [0.717, 1.165) is 15.2 Å². The number of hydrogen-bond acceptors (Lipinski definition) is 5. The second kappa shape index (κ2) is 6.27. The normalized spacial score (nSPS) is 22.4. The van der Waals surface area contributed by atoms with Crippen molar-refractivity contribution in [3.05, 3.63) is 28.2 Å². The fraction of sp³-hybridized carbons (Fsp3) is 0.429. The maximum Gasteiger partial charge on any atom is 0.240 e. The first kappa shape index (κ1) is 14.7. The van der Waals surface area contributed by atoms with E-state index < -0.39 is 0 Å². The van der Waals surface area contributed by atoms with Gasteiger partial charge in [0.25, 0.3) is 0 Å². The van der Waals surface area contributed by atoms with E-state index in [-0.39, 0.29) is 18.1 Å². The third-order valence-electron chi connectivity index (χ3n) is 3.41. The molecule has 1 saturated heterocycles. The largest absolute Gasteiger partial charge is 0.375 e. The zero-order chi connectivity index (χ0) is 14.8. The maximum atomic E-state index is 12.2. The number of carbonyl (C=O) groups excluding carboxylic acids is 1. The Morgan fingerprint density at radius 1 is 1.62 bits per heavy atom. The number of hydrogen-bond donors (Lipinski definition) is 2. The molecular weight excluding hydrogens is 310 g/mol. The number of nitrogens with zero attached hydrogens (tertiary/aromatic N) is 1. The van der Waals surface area contributed by atoms with Gasteiger partial charge in [-0.3, -0.25) is 4.79 Å². The lowest BCUT2D eigenvalue weighted by atomic mass is 10.1. The number of ether oxygens (including phenoxy) is 1. The highest BCUT2D eigenvalue weighted by molar-refractivity contribution is 7.18. The molecule has 3 rings (SSSR count). The first-order valence-electron chi connectivity index (χ1n) is 6.81. The number of rotatable bonds is 3. The van der Waals surface area contributed by atoms with Crippen molar-refractivity contribution < 1.29 is 9.53 Å². The molecule has 2 heterocycles.